The SMILES string of the molecule is CCNC(=NCc1ccc(N2CCC(C)CC2)nc1)N1CCC(OCCCOC)CC1. The van der Waals surface area contributed by atoms with Gasteiger partial charge in [-0.1, -0.05) is 13.0 Å². The number of pyridine rings is 1. The molecule has 174 valence electrons. The molecule has 0 saturated carbocycles. The van der Waals surface area contributed by atoms with E-state index in [1.54, 1.807) is 7.11 Å². The number of aliphatic imine (C=N–C) groups is 1. The van der Waals surface area contributed by atoms with Crippen molar-refractivity contribution < 1.29 is 9.47 Å². The maximum absolute atomic E-state index is 5.99. The van der Waals surface area contributed by atoms with Gasteiger partial charge in [-0.25, -0.2) is 9.98 Å². The van der Waals surface area contributed by atoms with Crippen molar-refractivity contribution in [3.05, 3.63) is 23.9 Å². The molecule has 2 aliphatic heterocycles. The zero-order valence-electron chi connectivity index (χ0n) is 19.7. The van der Waals surface area contributed by atoms with Crippen LogP contribution in [0.3, 0.4) is 0 Å². The highest BCUT2D eigenvalue weighted by Crippen LogP contribution is 2.21. The molecule has 0 bridgehead atoms. The summed E-state index contributed by atoms with van der Waals surface area (Å²) in [5.74, 6) is 2.93. The van der Waals surface area contributed by atoms with Crippen molar-refractivity contribution in [3.8, 4) is 0 Å². The van der Waals surface area contributed by atoms with Crippen molar-refractivity contribution in [1.29, 1.82) is 0 Å². The van der Waals surface area contributed by atoms with E-state index < -0.39 is 0 Å². The molecule has 3 rings (SSSR count). The molecule has 1 aromatic rings. The van der Waals surface area contributed by atoms with E-state index in [4.69, 9.17) is 19.5 Å². The number of hydrogen-bond donors (Lipinski definition) is 1. The number of piperidine rings is 2. The van der Waals surface area contributed by atoms with Crippen molar-refractivity contribution in [3.63, 3.8) is 0 Å². The van der Waals surface area contributed by atoms with E-state index >= 15 is 0 Å². The van der Waals surface area contributed by atoms with E-state index in [9.17, 15) is 0 Å². The first-order valence-corrected chi connectivity index (χ1v) is 12.0. The minimum atomic E-state index is 0.352. The molecule has 0 atom stereocenters. The number of rotatable bonds is 9. The van der Waals surface area contributed by atoms with Crippen LogP contribution in [0.25, 0.3) is 0 Å². The Bertz CT molecular complexity index is 650. The van der Waals surface area contributed by atoms with E-state index in [1.807, 2.05) is 6.20 Å². The molecular weight excluding hydrogens is 390 g/mol. The molecular formula is C24H41N5O2. The summed E-state index contributed by atoms with van der Waals surface area (Å²) >= 11 is 0. The van der Waals surface area contributed by atoms with Crippen molar-refractivity contribution in [1.82, 2.24) is 15.2 Å². The second-order valence-electron chi connectivity index (χ2n) is 8.77. The summed E-state index contributed by atoms with van der Waals surface area (Å²) in [4.78, 5) is 14.4. The Morgan fingerprint density at radius 1 is 1.13 bits per heavy atom. The molecule has 0 spiro atoms. The molecule has 2 fully saturated rings. The lowest BCUT2D eigenvalue weighted by atomic mass is 9.99. The van der Waals surface area contributed by atoms with Gasteiger partial charge < -0.3 is 24.6 Å². The van der Waals surface area contributed by atoms with Crippen molar-refractivity contribution >= 4 is 11.8 Å². The molecule has 2 saturated heterocycles. The first kappa shape index (κ1) is 23.8. The molecule has 7 heteroatoms. The third-order valence-corrected chi connectivity index (χ3v) is 6.25. The van der Waals surface area contributed by atoms with Crippen LogP contribution in [0.2, 0.25) is 0 Å². The first-order valence-electron chi connectivity index (χ1n) is 12.0. The van der Waals surface area contributed by atoms with Gasteiger partial charge in [0.2, 0.25) is 0 Å². The van der Waals surface area contributed by atoms with E-state index in [-0.39, 0.29) is 0 Å². The topological polar surface area (TPSA) is 62.2 Å². The largest absolute Gasteiger partial charge is 0.385 e. The molecule has 0 aromatic carbocycles. The molecule has 2 aliphatic rings. The molecule has 31 heavy (non-hydrogen) atoms. The predicted octanol–water partition coefficient (Wildman–Crippen LogP) is 3.30. The Labute approximate surface area is 188 Å². The normalized spacial score (nSPS) is 19.1. The number of anilines is 1. The molecule has 7 nitrogen and oxygen atoms in total. The summed E-state index contributed by atoms with van der Waals surface area (Å²) < 4.78 is 11.1. The number of methoxy groups -OCH3 is 1. The van der Waals surface area contributed by atoms with E-state index in [0.717, 1.165) is 88.5 Å². The van der Waals surface area contributed by atoms with Gasteiger partial charge in [0.1, 0.15) is 5.82 Å². The summed E-state index contributed by atoms with van der Waals surface area (Å²) in [6.45, 7) is 11.7. The van der Waals surface area contributed by atoms with Crippen LogP contribution < -0.4 is 10.2 Å². The second kappa shape index (κ2) is 12.9. The maximum Gasteiger partial charge on any atom is 0.194 e. The van der Waals surface area contributed by atoms with Crippen LogP contribution in [0, 0.1) is 5.92 Å². The Balaban J connectivity index is 1.48. The standard InChI is InChI=1S/C24H41N5O2/c1-4-25-24(29-14-10-22(11-15-29)31-17-5-16-30-3)27-19-21-6-7-23(26-18-21)28-12-8-20(2)9-13-28/h6-7,18,20,22H,4-5,8-17,19H2,1-3H3,(H,25,27). The van der Waals surface area contributed by atoms with Gasteiger partial charge in [-0.05, 0) is 56.6 Å². The zero-order chi connectivity index (χ0) is 21.9. The fourth-order valence-electron chi connectivity index (χ4n) is 4.21. The van der Waals surface area contributed by atoms with Crippen LogP contribution in [-0.2, 0) is 16.0 Å². The van der Waals surface area contributed by atoms with Gasteiger partial charge in [-0.15, -0.1) is 0 Å². The summed E-state index contributed by atoms with van der Waals surface area (Å²) in [5, 5.41) is 3.45. The second-order valence-corrected chi connectivity index (χ2v) is 8.77. The van der Waals surface area contributed by atoms with Crippen LogP contribution in [0.1, 0.15) is 51.5 Å². The van der Waals surface area contributed by atoms with Gasteiger partial charge in [-0.2, -0.15) is 0 Å². The van der Waals surface area contributed by atoms with Crippen molar-refractivity contribution in [2.75, 3.05) is 57.9 Å². The molecule has 0 unspecified atom stereocenters. The predicted molar refractivity (Wildman–Crippen MR) is 127 cm³/mol. The van der Waals surface area contributed by atoms with Gasteiger partial charge in [0.25, 0.3) is 0 Å². The van der Waals surface area contributed by atoms with Crippen molar-refractivity contribution in [2.24, 2.45) is 10.9 Å². The Morgan fingerprint density at radius 2 is 1.90 bits per heavy atom. The number of likely N-dealkylation sites (tertiary alicyclic amines) is 1. The van der Waals surface area contributed by atoms with E-state index in [1.165, 1.54) is 12.8 Å². The average Bonchev–Trinajstić information content (AvgIpc) is 2.81. The lowest BCUT2D eigenvalue weighted by Crippen LogP contribution is -2.47. The molecule has 0 aliphatic carbocycles. The van der Waals surface area contributed by atoms with Gasteiger partial charge in [0, 0.05) is 59.2 Å². The smallest absolute Gasteiger partial charge is 0.194 e. The highest BCUT2D eigenvalue weighted by Gasteiger charge is 2.22. The molecule has 1 aromatic heterocycles. The zero-order valence-corrected chi connectivity index (χ0v) is 19.7. The number of guanidine groups is 1. The summed E-state index contributed by atoms with van der Waals surface area (Å²) in [6, 6.07) is 4.33. The molecule has 3 heterocycles. The summed E-state index contributed by atoms with van der Waals surface area (Å²) in [5.41, 5.74) is 1.15. The molecule has 0 radical (unpaired) electrons. The third kappa shape index (κ3) is 7.65. The average molecular weight is 432 g/mol. The highest BCUT2D eigenvalue weighted by atomic mass is 16.5. The molecule has 0 amide bonds. The van der Waals surface area contributed by atoms with Gasteiger partial charge in [0.05, 0.1) is 12.6 Å². The maximum atomic E-state index is 5.99. The highest BCUT2D eigenvalue weighted by molar-refractivity contribution is 5.80. The summed E-state index contributed by atoms with van der Waals surface area (Å²) in [7, 11) is 1.74. The fraction of sp³-hybridized carbons (Fsp3) is 0.750. The number of ether oxygens (including phenoxy) is 2. The van der Waals surface area contributed by atoms with Gasteiger partial charge >= 0.3 is 0 Å². The van der Waals surface area contributed by atoms with Crippen LogP contribution >= 0.6 is 0 Å². The van der Waals surface area contributed by atoms with Gasteiger partial charge in [0.15, 0.2) is 5.96 Å². The van der Waals surface area contributed by atoms with Crippen molar-refractivity contribution in [2.45, 2.75) is 58.6 Å². The van der Waals surface area contributed by atoms with E-state index in [0.29, 0.717) is 12.6 Å². The van der Waals surface area contributed by atoms with Crippen LogP contribution in [0.5, 0.6) is 0 Å². The molecule has 1 N–H and O–H groups in total. The minimum Gasteiger partial charge on any atom is -0.385 e. The lowest BCUT2D eigenvalue weighted by molar-refractivity contribution is 0.00990. The number of hydrogen-bond acceptors (Lipinski definition) is 5. The number of nitrogens with zero attached hydrogens (tertiary/aromatic N) is 4. The van der Waals surface area contributed by atoms with Crippen LogP contribution in [0.4, 0.5) is 5.82 Å². The Morgan fingerprint density at radius 3 is 2.55 bits per heavy atom. The lowest BCUT2D eigenvalue weighted by Gasteiger charge is -2.34. The first-order chi connectivity index (χ1) is 15.2. The number of aromatic nitrogens is 1. The third-order valence-electron chi connectivity index (χ3n) is 6.25. The summed E-state index contributed by atoms with van der Waals surface area (Å²) in [6.07, 6.45) is 7.91. The van der Waals surface area contributed by atoms with Gasteiger partial charge in [-0.3, -0.25) is 0 Å². The minimum absolute atomic E-state index is 0.352. The monoisotopic (exact) mass is 431 g/mol. The fourth-order valence-corrected chi connectivity index (χ4v) is 4.21. The van der Waals surface area contributed by atoms with E-state index in [2.05, 4.69) is 41.1 Å². The Hall–Kier alpha value is -1.86. The number of nitrogens with one attached hydrogen (secondary N) is 1. The Kier molecular flexibility index (Phi) is 9.87. The van der Waals surface area contributed by atoms with Crippen LogP contribution in [0.15, 0.2) is 23.3 Å². The quantitative estimate of drug-likeness (QED) is 0.368. The van der Waals surface area contributed by atoms with Crippen LogP contribution in [-0.4, -0.2) is 75.0 Å².